The predicted molar refractivity (Wildman–Crippen MR) is 97.3 cm³/mol. The molecule has 3 aromatic rings. The first kappa shape index (κ1) is 17.0. The fourth-order valence-corrected chi connectivity index (χ4v) is 3.82. The number of nitrogens with one attached hydrogen (secondary N) is 1. The Balaban J connectivity index is 2.32. The summed E-state index contributed by atoms with van der Waals surface area (Å²) in [6.07, 6.45) is 0. The van der Waals surface area contributed by atoms with Crippen LogP contribution in [-0.2, 0) is 0 Å². The van der Waals surface area contributed by atoms with E-state index in [9.17, 15) is 14.4 Å². The van der Waals surface area contributed by atoms with Gasteiger partial charge in [-0.1, -0.05) is 6.07 Å². The number of aromatic nitrogens is 2. The number of amides is 1. The number of carbonyl (C=O) groups is 1. The topological polar surface area (TPSA) is 84.4 Å². The van der Waals surface area contributed by atoms with Crippen LogP contribution in [0.1, 0.15) is 15.2 Å². The van der Waals surface area contributed by atoms with Crippen molar-refractivity contribution in [2.75, 3.05) is 21.2 Å². The van der Waals surface area contributed by atoms with E-state index in [2.05, 4.69) is 4.98 Å². The lowest BCUT2D eigenvalue weighted by molar-refractivity contribution is 0.0831. The predicted octanol–water partition coefficient (Wildman–Crippen LogP) is 1.76. The molecule has 2 heterocycles. The number of aromatic amines is 1. The normalized spacial score (nSPS) is 10.9. The van der Waals surface area contributed by atoms with Crippen molar-refractivity contribution >= 4 is 27.5 Å². The summed E-state index contributed by atoms with van der Waals surface area (Å²) in [5.74, 6) is 0.335. The van der Waals surface area contributed by atoms with Crippen LogP contribution < -0.4 is 16.0 Å². The highest BCUT2D eigenvalue weighted by Gasteiger charge is 2.21. The molecule has 1 N–H and O–H groups in total. The van der Waals surface area contributed by atoms with Crippen molar-refractivity contribution in [2.24, 2.45) is 0 Å². The van der Waals surface area contributed by atoms with Crippen molar-refractivity contribution in [3.05, 3.63) is 55.5 Å². The number of rotatable bonds is 3. The molecule has 3 rings (SSSR count). The third-order valence-corrected chi connectivity index (χ3v) is 5.09. The van der Waals surface area contributed by atoms with Crippen LogP contribution in [-0.4, -0.2) is 41.6 Å². The number of benzene rings is 1. The Morgan fingerprint density at radius 1 is 1.28 bits per heavy atom. The smallest absolute Gasteiger partial charge is 0.334 e. The highest BCUT2D eigenvalue weighted by atomic mass is 32.1. The molecule has 25 heavy (non-hydrogen) atoms. The van der Waals surface area contributed by atoms with E-state index < -0.39 is 11.2 Å². The van der Waals surface area contributed by atoms with Gasteiger partial charge in [-0.2, -0.15) is 0 Å². The van der Waals surface area contributed by atoms with E-state index in [1.165, 1.54) is 12.0 Å². The van der Waals surface area contributed by atoms with Gasteiger partial charge in [-0.15, -0.1) is 11.3 Å². The van der Waals surface area contributed by atoms with Crippen LogP contribution in [0.3, 0.4) is 0 Å². The van der Waals surface area contributed by atoms with Gasteiger partial charge in [0.25, 0.3) is 11.5 Å². The maximum atomic E-state index is 13.0. The van der Waals surface area contributed by atoms with Gasteiger partial charge >= 0.3 is 5.69 Å². The molecule has 2 aromatic heterocycles. The van der Waals surface area contributed by atoms with Gasteiger partial charge in [0.1, 0.15) is 10.6 Å². The van der Waals surface area contributed by atoms with E-state index in [1.807, 2.05) is 0 Å². The first-order valence-electron chi connectivity index (χ1n) is 7.49. The number of hydrogen-bond donors (Lipinski definition) is 1. The zero-order valence-electron chi connectivity index (χ0n) is 14.2. The first-order chi connectivity index (χ1) is 11.8. The van der Waals surface area contributed by atoms with Gasteiger partial charge in [-0.3, -0.25) is 14.6 Å². The second kappa shape index (κ2) is 6.21. The van der Waals surface area contributed by atoms with Gasteiger partial charge in [0.2, 0.25) is 0 Å². The van der Waals surface area contributed by atoms with Crippen LogP contribution in [0, 0.1) is 6.92 Å². The Labute approximate surface area is 147 Å². The second-order valence-electron chi connectivity index (χ2n) is 5.73. The van der Waals surface area contributed by atoms with Gasteiger partial charge < -0.3 is 9.64 Å². The van der Waals surface area contributed by atoms with Crippen molar-refractivity contribution in [1.29, 1.82) is 0 Å². The van der Waals surface area contributed by atoms with Gasteiger partial charge in [0.15, 0.2) is 0 Å². The molecule has 0 radical (unpaired) electrons. The molecule has 0 aliphatic carbocycles. The minimum Gasteiger partial charge on any atom is -0.497 e. The molecule has 0 bridgehead atoms. The summed E-state index contributed by atoms with van der Waals surface area (Å²) in [5, 5.41) is 0.345. The molecule has 0 saturated carbocycles. The quantitative estimate of drug-likeness (QED) is 0.772. The van der Waals surface area contributed by atoms with Crippen LogP contribution in [0.5, 0.6) is 5.75 Å². The lowest BCUT2D eigenvalue weighted by Crippen LogP contribution is -2.33. The maximum Gasteiger partial charge on any atom is 0.334 e. The maximum absolute atomic E-state index is 13.0. The van der Waals surface area contributed by atoms with E-state index in [4.69, 9.17) is 4.74 Å². The highest BCUT2D eigenvalue weighted by molar-refractivity contribution is 7.20. The number of carbonyl (C=O) groups excluding carboxylic acids is 1. The van der Waals surface area contributed by atoms with Crippen LogP contribution in [0.2, 0.25) is 0 Å². The third-order valence-electron chi connectivity index (χ3n) is 3.90. The Bertz CT molecular complexity index is 1090. The molecular formula is C17H17N3O4S. The molecule has 8 heteroatoms. The SMILES string of the molecule is COc1cccc(-n2c(=O)[nH]c3sc(C(=O)N(C)C)c(C)c3c2=O)c1. The first-order valence-corrected chi connectivity index (χ1v) is 8.31. The van der Waals surface area contributed by atoms with Crippen molar-refractivity contribution in [2.45, 2.75) is 6.92 Å². The van der Waals surface area contributed by atoms with E-state index >= 15 is 0 Å². The average molecular weight is 359 g/mol. The summed E-state index contributed by atoms with van der Waals surface area (Å²) < 4.78 is 6.20. The monoisotopic (exact) mass is 359 g/mol. The van der Waals surface area contributed by atoms with E-state index in [-0.39, 0.29) is 5.91 Å². The van der Waals surface area contributed by atoms with Crippen LogP contribution in [0.4, 0.5) is 0 Å². The number of aryl methyl sites for hydroxylation is 1. The van der Waals surface area contributed by atoms with Gasteiger partial charge in [-0.25, -0.2) is 9.36 Å². The molecule has 0 spiro atoms. The number of H-pyrrole nitrogens is 1. The highest BCUT2D eigenvalue weighted by Crippen LogP contribution is 2.27. The Hall–Kier alpha value is -2.87. The van der Waals surface area contributed by atoms with E-state index in [0.717, 1.165) is 15.9 Å². The number of nitrogens with zero attached hydrogens (tertiary/aromatic N) is 2. The Morgan fingerprint density at radius 2 is 2.00 bits per heavy atom. The van der Waals surface area contributed by atoms with Gasteiger partial charge in [-0.05, 0) is 24.6 Å². The average Bonchev–Trinajstić information content (AvgIpc) is 2.90. The van der Waals surface area contributed by atoms with Gasteiger partial charge in [0.05, 0.1) is 23.1 Å². The zero-order chi connectivity index (χ0) is 18.3. The molecule has 130 valence electrons. The number of hydrogen-bond acceptors (Lipinski definition) is 5. The van der Waals surface area contributed by atoms with Crippen molar-refractivity contribution < 1.29 is 9.53 Å². The largest absolute Gasteiger partial charge is 0.497 e. The molecule has 1 amide bonds. The van der Waals surface area contributed by atoms with Crippen molar-refractivity contribution in [3.8, 4) is 11.4 Å². The number of methoxy groups -OCH3 is 1. The summed E-state index contributed by atoms with van der Waals surface area (Å²) in [5.41, 5.74) is -0.0513. The number of thiophene rings is 1. The van der Waals surface area contributed by atoms with Crippen LogP contribution in [0.25, 0.3) is 15.9 Å². The molecule has 0 aliphatic heterocycles. The lowest BCUT2D eigenvalue weighted by atomic mass is 10.2. The molecule has 0 fully saturated rings. The summed E-state index contributed by atoms with van der Waals surface area (Å²) >= 11 is 1.12. The van der Waals surface area contributed by atoms with Crippen LogP contribution in [0.15, 0.2) is 33.9 Å². The summed E-state index contributed by atoms with van der Waals surface area (Å²) in [6, 6.07) is 6.69. The number of fused-ring (bicyclic) bond motifs is 1. The fourth-order valence-electron chi connectivity index (χ4n) is 2.61. The molecule has 1 aromatic carbocycles. The molecule has 0 atom stereocenters. The molecule has 0 aliphatic rings. The van der Waals surface area contributed by atoms with Gasteiger partial charge in [0, 0.05) is 20.2 Å². The zero-order valence-corrected chi connectivity index (χ0v) is 15.1. The van der Waals surface area contributed by atoms with Crippen molar-refractivity contribution in [1.82, 2.24) is 14.5 Å². The third kappa shape index (κ3) is 2.74. The summed E-state index contributed by atoms with van der Waals surface area (Å²) in [4.78, 5) is 42.7. The molecular weight excluding hydrogens is 342 g/mol. The molecule has 0 unspecified atom stereocenters. The van der Waals surface area contributed by atoms with Crippen LogP contribution >= 0.6 is 11.3 Å². The van der Waals surface area contributed by atoms with Crippen molar-refractivity contribution in [3.63, 3.8) is 0 Å². The lowest BCUT2D eigenvalue weighted by Gasteiger charge is -2.08. The molecule has 0 saturated heterocycles. The second-order valence-corrected chi connectivity index (χ2v) is 6.75. The van der Waals surface area contributed by atoms with E-state index in [1.54, 1.807) is 45.3 Å². The minimum absolute atomic E-state index is 0.202. The fraction of sp³-hybridized carbons (Fsp3) is 0.235. The molecule has 7 nitrogen and oxygen atoms in total. The standard InChI is InChI=1S/C17H17N3O4S/c1-9-12-14(25-13(9)16(22)19(2)3)18-17(23)20(15(12)21)10-6-5-7-11(8-10)24-4/h5-8H,1-4H3,(H,18,23). The minimum atomic E-state index is -0.559. The summed E-state index contributed by atoms with van der Waals surface area (Å²) in [7, 11) is 4.80. The Kier molecular flexibility index (Phi) is 4.22. The summed E-state index contributed by atoms with van der Waals surface area (Å²) in [6.45, 7) is 1.71. The van der Waals surface area contributed by atoms with E-state index in [0.29, 0.717) is 32.1 Å². The number of ether oxygens (including phenoxy) is 1. The Morgan fingerprint density at radius 3 is 2.64 bits per heavy atom.